The predicted octanol–water partition coefficient (Wildman–Crippen LogP) is 1.01. The highest BCUT2D eigenvalue weighted by Crippen LogP contribution is 2.24. The van der Waals surface area contributed by atoms with Gasteiger partial charge in [-0.25, -0.2) is 0 Å². The quantitative estimate of drug-likeness (QED) is 0.696. The van der Waals surface area contributed by atoms with Gasteiger partial charge in [0.05, 0.1) is 0 Å². The summed E-state index contributed by atoms with van der Waals surface area (Å²) < 4.78 is 0. The fraction of sp³-hybridized carbons (Fsp3) is 0.889. The van der Waals surface area contributed by atoms with Crippen LogP contribution in [-0.2, 0) is 4.79 Å². The van der Waals surface area contributed by atoms with Gasteiger partial charge in [-0.2, -0.15) is 0 Å². The van der Waals surface area contributed by atoms with Gasteiger partial charge in [-0.15, -0.1) is 12.4 Å². The van der Waals surface area contributed by atoms with E-state index in [1.165, 1.54) is 0 Å². The zero-order valence-corrected chi connectivity index (χ0v) is 9.14. The molecule has 78 valence electrons. The Morgan fingerprint density at radius 1 is 1.23 bits per heavy atom. The molecule has 1 fully saturated rings. The van der Waals surface area contributed by atoms with E-state index in [9.17, 15) is 4.79 Å². The lowest BCUT2D eigenvalue weighted by molar-refractivity contribution is -0.134. The van der Waals surface area contributed by atoms with Crippen molar-refractivity contribution in [2.24, 2.45) is 11.7 Å². The lowest BCUT2D eigenvalue weighted by atomic mass is 9.86. The molecule has 0 aromatic heterocycles. The van der Waals surface area contributed by atoms with Crippen molar-refractivity contribution in [1.82, 2.24) is 4.90 Å². The summed E-state index contributed by atoms with van der Waals surface area (Å²) in [5.41, 5.74) is 5.75. The van der Waals surface area contributed by atoms with Gasteiger partial charge in [0.25, 0.3) is 0 Å². The Bertz CT molecular complexity index is 165. The molecule has 0 heterocycles. The largest absolute Gasteiger partial charge is 0.349 e. The molecule has 0 aromatic carbocycles. The van der Waals surface area contributed by atoms with Crippen LogP contribution >= 0.6 is 12.4 Å². The molecule has 0 unspecified atom stereocenters. The molecule has 0 aliphatic heterocycles. The highest BCUT2D eigenvalue weighted by molar-refractivity contribution is 5.85. The van der Waals surface area contributed by atoms with Crippen LogP contribution in [0.25, 0.3) is 0 Å². The van der Waals surface area contributed by atoms with Crippen LogP contribution in [0.15, 0.2) is 0 Å². The van der Waals surface area contributed by atoms with Gasteiger partial charge in [-0.3, -0.25) is 4.79 Å². The summed E-state index contributed by atoms with van der Waals surface area (Å²) in [7, 11) is 3.63. The van der Waals surface area contributed by atoms with Crippen molar-refractivity contribution < 1.29 is 4.79 Å². The van der Waals surface area contributed by atoms with E-state index in [1.54, 1.807) is 4.90 Å². The minimum Gasteiger partial charge on any atom is -0.349 e. The molecule has 2 N–H and O–H groups in total. The van der Waals surface area contributed by atoms with Gasteiger partial charge in [0.15, 0.2) is 0 Å². The first-order chi connectivity index (χ1) is 5.61. The zero-order valence-electron chi connectivity index (χ0n) is 8.32. The summed E-state index contributed by atoms with van der Waals surface area (Å²) in [5.74, 6) is 0.502. The van der Waals surface area contributed by atoms with Gasteiger partial charge in [0, 0.05) is 26.1 Å². The van der Waals surface area contributed by atoms with Crippen molar-refractivity contribution in [3.05, 3.63) is 0 Å². The van der Waals surface area contributed by atoms with Crippen molar-refractivity contribution in [2.75, 3.05) is 14.1 Å². The number of carbonyl (C=O) groups excluding carboxylic acids is 1. The molecule has 0 atom stereocenters. The van der Waals surface area contributed by atoms with Crippen LogP contribution in [-0.4, -0.2) is 30.9 Å². The maximum absolute atomic E-state index is 11.5. The van der Waals surface area contributed by atoms with Gasteiger partial charge in [-0.05, 0) is 25.7 Å². The molecular formula is C9H19ClN2O. The predicted molar refractivity (Wildman–Crippen MR) is 55.9 cm³/mol. The third-order valence-corrected chi connectivity index (χ3v) is 2.56. The van der Waals surface area contributed by atoms with Gasteiger partial charge in [0.2, 0.25) is 5.91 Å². The molecule has 3 nitrogen and oxygen atoms in total. The van der Waals surface area contributed by atoms with E-state index < -0.39 is 0 Å². The fourth-order valence-electron chi connectivity index (χ4n) is 1.73. The lowest BCUT2D eigenvalue weighted by Gasteiger charge is -2.27. The van der Waals surface area contributed by atoms with Gasteiger partial charge < -0.3 is 10.6 Å². The molecular weight excluding hydrogens is 188 g/mol. The summed E-state index contributed by atoms with van der Waals surface area (Å²) in [6.45, 7) is 0. The highest BCUT2D eigenvalue weighted by atomic mass is 35.5. The van der Waals surface area contributed by atoms with Crippen molar-refractivity contribution in [2.45, 2.75) is 31.7 Å². The van der Waals surface area contributed by atoms with Crippen LogP contribution in [0.1, 0.15) is 25.7 Å². The van der Waals surface area contributed by atoms with E-state index in [0.29, 0.717) is 6.04 Å². The summed E-state index contributed by atoms with van der Waals surface area (Å²) in [5, 5.41) is 0. The monoisotopic (exact) mass is 206 g/mol. The molecule has 1 saturated carbocycles. The summed E-state index contributed by atoms with van der Waals surface area (Å²) in [6.07, 6.45) is 3.95. The van der Waals surface area contributed by atoms with Gasteiger partial charge >= 0.3 is 0 Å². The van der Waals surface area contributed by atoms with Gasteiger partial charge in [-0.1, -0.05) is 0 Å². The molecule has 0 aromatic rings. The molecule has 0 spiro atoms. The number of hydrogen-bond donors (Lipinski definition) is 1. The van der Waals surface area contributed by atoms with Crippen LogP contribution < -0.4 is 5.73 Å². The number of hydrogen-bond acceptors (Lipinski definition) is 2. The topological polar surface area (TPSA) is 46.3 Å². The average molecular weight is 207 g/mol. The zero-order chi connectivity index (χ0) is 9.14. The molecule has 1 aliphatic carbocycles. The third kappa shape index (κ3) is 3.53. The Hall–Kier alpha value is -0.280. The Balaban J connectivity index is 0.00000144. The van der Waals surface area contributed by atoms with Crippen LogP contribution in [0.4, 0.5) is 0 Å². The third-order valence-electron chi connectivity index (χ3n) is 2.56. The Labute approximate surface area is 86.1 Å². The number of nitrogens with two attached hydrogens (primary N) is 1. The molecule has 1 aliphatic rings. The lowest BCUT2D eigenvalue weighted by Crippen LogP contribution is -2.35. The van der Waals surface area contributed by atoms with Gasteiger partial charge in [0.1, 0.15) is 0 Å². The number of carbonyl (C=O) groups is 1. The second-order valence-corrected chi connectivity index (χ2v) is 3.84. The minimum absolute atomic E-state index is 0. The Kier molecular flexibility index (Phi) is 5.33. The molecule has 0 bridgehead atoms. The molecule has 13 heavy (non-hydrogen) atoms. The van der Waals surface area contributed by atoms with Crippen molar-refractivity contribution in [3.8, 4) is 0 Å². The fourth-order valence-corrected chi connectivity index (χ4v) is 1.73. The van der Waals surface area contributed by atoms with Crippen LogP contribution in [0, 0.1) is 5.92 Å². The standard InChI is InChI=1S/C9H18N2O.ClH/c1-11(2)9(12)7-3-5-8(10)6-4-7;/h7-8H,3-6,10H2,1-2H3;1H. The van der Waals surface area contributed by atoms with E-state index in [-0.39, 0.29) is 24.2 Å². The maximum atomic E-state index is 11.5. The summed E-state index contributed by atoms with van der Waals surface area (Å²) >= 11 is 0. The van der Waals surface area contributed by atoms with Crippen LogP contribution in [0.3, 0.4) is 0 Å². The minimum atomic E-state index is 0. The smallest absolute Gasteiger partial charge is 0.225 e. The van der Waals surface area contributed by atoms with Crippen LogP contribution in [0.5, 0.6) is 0 Å². The molecule has 0 radical (unpaired) electrons. The van der Waals surface area contributed by atoms with Crippen molar-refractivity contribution >= 4 is 18.3 Å². The molecule has 1 rings (SSSR count). The summed E-state index contributed by atoms with van der Waals surface area (Å²) in [4.78, 5) is 13.2. The molecule has 0 saturated heterocycles. The first kappa shape index (κ1) is 12.7. The SMILES string of the molecule is CN(C)C(=O)C1CCC(N)CC1.Cl. The van der Waals surface area contributed by atoms with Crippen molar-refractivity contribution in [3.63, 3.8) is 0 Å². The molecule has 4 heteroatoms. The number of rotatable bonds is 1. The van der Waals surface area contributed by atoms with Crippen molar-refractivity contribution in [1.29, 1.82) is 0 Å². The number of halogens is 1. The van der Waals surface area contributed by atoms with E-state index in [4.69, 9.17) is 5.73 Å². The summed E-state index contributed by atoms with van der Waals surface area (Å²) in [6, 6.07) is 0.330. The Morgan fingerprint density at radius 2 is 1.69 bits per heavy atom. The van der Waals surface area contributed by atoms with E-state index in [0.717, 1.165) is 25.7 Å². The number of amides is 1. The number of nitrogens with zero attached hydrogens (tertiary/aromatic N) is 1. The first-order valence-corrected chi connectivity index (χ1v) is 4.58. The normalized spacial score (nSPS) is 27.6. The Morgan fingerprint density at radius 3 is 2.08 bits per heavy atom. The maximum Gasteiger partial charge on any atom is 0.225 e. The molecule has 1 amide bonds. The second-order valence-electron chi connectivity index (χ2n) is 3.84. The highest BCUT2D eigenvalue weighted by Gasteiger charge is 2.25. The van der Waals surface area contributed by atoms with E-state index in [1.807, 2.05) is 14.1 Å². The van der Waals surface area contributed by atoms with E-state index >= 15 is 0 Å². The average Bonchev–Trinajstić information content (AvgIpc) is 2.04. The second kappa shape index (κ2) is 5.45. The first-order valence-electron chi connectivity index (χ1n) is 4.58. The van der Waals surface area contributed by atoms with Crippen LogP contribution in [0.2, 0.25) is 0 Å². The van der Waals surface area contributed by atoms with E-state index in [2.05, 4.69) is 0 Å².